The molecule has 1 fully saturated rings. The number of hydrogen-bond donors (Lipinski definition) is 3. The number of fused-ring (bicyclic) bond motifs is 1. The number of rotatable bonds is 6. The summed E-state index contributed by atoms with van der Waals surface area (Å²) in [6.07, 6.45) is 1.33. The second kappa shape index (κ2) is 8.71. The van der Waals surface area contributed by atoms with E-state index in [-0.39, 0.29) is 11.7 Å². The van der Waals surface area contributed by atoms with Crippen molar-refractivity contribution in [3.05, 3.63) is 95.3 Å². The first-order valence-corrected chi connectivity index (χ1v) is 11.6. The smallest absolute Gasteiger partial charge is 0.269 e. The summed E-state index contributed by atoms with van der Waals surface area (Å²) in [5, 5.41) is 0.843. The van der Waals surface area contributed by atoms with Gasteiger partial charge in [0.25, 0.3) is 5.91 Å². The highest BCUT2D eigenvalue weighted by Crippen LogP contribution is 2.48. The Bertz CT molecular complexity index is 1280. The molecule has 1 aliphatic carbocycles. The molecule has 6 nitrogen and oxygen atoms in total. The molecule has 33 heavy (non-hydrogen) atoms. The van der Waals surface area contributed by atoms with Gasteiger partial charge in [-0.3, -0.25) is 20.4 Å². The average Bonchev–Trinajstić information content (AvgIpc) is 3.55. The molecule has 166 valence electrons. The van der Waals surface area contributed by atoms with Crippen molar-refractivity contribution in [1.29, 1.82) is 0 Å². The van der Waals surface area contributed by atoms with Gasteiger partial charge in [-0.1, -0.05) is 48.2 Å². The van der Waals surface area contributed by atoms with Crippen LogP contribution in [-0.4, -0.2) is 21.8 Å². The summed E-state index contributed by atoms with van der Waals surface area (Å²) in [4.78, 5) is 33.0. The van der Waals surface area contributed by atoms with Crippen molar-refractivity contribution < 1.29 is 14.0 Å². The van der Waals surface area contributed by atoms with Gasteiger partial charge in [-0.15, -0.1) is 0 Å². The Balaban J connectivity index is 1.15. The Labute approximate surface area is 194 Å². The quantitative estimate of drug-likeness (QED) is 0.292. The second-order valence-electron chi connectivity index (χ2n) is 8.04. The van der Waals surface area contributed by atoms with Crippen LogP contribution in [0.2, 0.25) is 0 Å². The number of benzene rings is 3. The van der Waals surface area contributed by atoms with Gasteiger partial charge < -0.3 is 4.98 Å². The number of hydrogen-bond acceptors (Lipinski definition) is 4. The van der Waals surface area contributed by atoms with Gasteiger partial charge in [-0.05, 0) is 60.4 Å². The minimum atomic E-state index is -0.696. The molecule has 3 N–H and O–H groups in total. The van der Waals surface area contributed by atoms with Crippen molar-refractivity contribution in [1.82, 2.24) is 20.8 Å². The van der Waals surface area contributed by atoms with Crippen molar-refractivity contribution in [3.8, 4) is 0 Å². The van der Waals surface area contributed by atoms with Crippen molar-refractivity contribution >= 4 is 34.6 Å². The number of nitrogens with one attached hydrogen (secondary N) is 3. The third-order valence-electron chi connectivity index (χ3n) is 5.83. The van der Waals surface area contributed by atoms with Crippen molar-refractivity contribution in [2.45, 2.75) is 29.2 Å². The fourth-order valence-electron chi connectivity index (χ4n) is 3.75. The van der Waals surface area contributed by atoms with Crippen LogP contribution in [0.25, 0.3) is 11.0 Å². The predicted molar refractivity (Wildman–Crippen MR) is 125 cm³/mol. The number of aromatic nitrogens is 2. The molecule has 0 atom stereocenters. The van der Waals surface area contributed by atoms with Gasteiger partial charge >= 0.3 is 0 Å². The van der Waals surface area contributed by atoms with Crippen LogP contribution < -0.4 is 10.9 Å². The first-order chi connectivity index (χ1) is 16.0. The van der Waals surface area contributed by atoms with Gasteiger partial charge in [0.15, 0.2) is 5.16 Å². The Hall–Kier alpha value is -3.65. The number of para-hydroxylation sites is 2. The molecule has 5 rings (SSSR count). The number of hydrazine groups is 1. The van der Waals surface area contributed by atoms with Crippen LogP contribution in [0.3, 0.4) is 0 Å². The van der Waals surface area contributed by atoms with E-state index in [1.54, 1.807) is 36.0 Å². The van der Waals surface area contributed by atoms with Crippen LogP contribution in [0.1, 0.15) is 34.3 Å². The second-order valence-corrected chi connectivity index (χ2v) is 9.01. The van der Waals surface area contributed by atoms with Gasteiger partial charge in [0, 0.05) is 11.3 Å². The van der Waals surface area contributed by atoms with Crippen LogP contribution in [0.4, 0.5) is 4.39 Å². The molecule has 1 saturated carbocycles. The summed E-state index contributed by atoms with van der Waals surface area (Å²) in [5.74, 6) is -0.322. The molecule has 0 spiro atoms. The van der Waals surface area contributed by atoms with Crippen LogP contribution in [0.15, 0.2) is 78.0 Å². The zero-order chi connectivity index (χ0) is 22.8. The highest BCUT2D eigenvalue weighted by molar-refractivity contribution is 7.98. The van der Waals surface area contributed by atoms with Gasteiger partial charge in [0.1, 0.15) is 5.82 Å². The monoisotopic (exact) mass is 460 g/mol. The highest BCUT2D eigenvalue weighted by atomic mass is 32.2. The summed E-state index contributed by atoms with van der Waals surface area (Å²) in [6, 6.07) is 21.0. The standard InChI is InChI=1S/C25H21FN4O2S/c26-19-11-9-18(10-12-19)25(13-14-25)23(32)30-29-22(31)17-7-5-16(6-8-17)15-33-24-27-20-3-1-2-4-21(20)28-24/h1-12H,13-15H2,(H,27,28)(H,29,31)(H,30,32). The maximum absolute atomic E-state index is 13.2. The molecule has 1 aliphatic rings. The maximum atomic E-state index is 13.2. The molecule has 3 aromatic carbocycles. The summed E-state index contributed by atoms with van der Waals surface area (Å²) < 4.78 is 13.2. The summed E-state index contributed by atoms with van der Waals surface area (Å²) in [5.41, 5.74) is 8.49. The summed E-state index contributed by atoms with van der Waals surface area (Å²) >= 11 is 1.59. The van der Waals surface area contributed by atoms with Gasteiger partial charge in [-0.25, -0.2) is 9.37 Å². The fourth-order valence-corrected chi connectivity index (χ4v) is 4.59. The number of thioether (sulfide) groups is 1. The largest absolute Gasteiger partial charge is 0.333 e. The number of H-pyrrole nitrogens is 1. The van der Waals surface area contributed by atoms with Crippen LogP contribution >= 0.6 is 11.8 Å². The number of carbonyl (C=O) groups excluding carboxylic acids is 2. The fraction of sp³-hybridized carbons (Fsp3) is 0.160. The lowest BCUT2D eigenvalue weighted by atomic mass is 9.95. The molecule has 1 aromatic heterocycles. The van der Waals surface area contributed by atoms with Crippen molar-refractivity contribution in [2.75, 3.05) is 0 Å². The zero-order valence-corrected chi connectivity index (χ0v) is 18.4. The Morgan fingerprint density at radius 3 is 2.39 bits per heavy atom. The van der Waals surface area contributed by atoms with Crippen molar-refractivity contribution in [2.24, 2.45) is 0 Å². The summed E-state index contributed by atoms with van der Waals surface area (Å²) in [6.45, 7) is 0. The number of halogens is 1. The van der Waals surface area contributed by atoms with Gasteiger partial charge in [0.2, 0.25) is 5.91 Å². The topological polar surface area (TPSA) is 86.9 Å². The van der Waals surface area contributed by atoms with Gasteiger partial charge in [0.05, 0.1) is 16.4 Å². The van der Waals surface area contributed by atoms with Crippen LogP contribution in [-0.2, 0) is 16.0 Å². The number of nitrogens with zero attached hydrogens (tertiary/aromatic N) is 1. The zero-order valence-electron chi connectivity index (χ0n) is 17.6. The molecule has 4 aromatic rings. The number of carbonyl (C=O) groups is 2. The number of aromatic amines is 1. The van der Waals surface area contributed by atoms with E-state index in [0.29, 0.717) is 24.2 Å². The van der Waals surface area contributed by atoms with E-state index in [0.717, 1.165) is 27.3 Å². The molecule has 2 amide bonds. The van der Waals surface area contributed by atoms with E-state index < -0.39 is 11.3 Å². The van der Waals surface area contributed by atoms with E-state index in [1.165, 1.54) is 12.1 Å². The molecule has 8 heteroatoms. The third kappa shape index (κ3) is 4.47. The molecule has 1 heterocycles. The first-order valence-electron chi connectivity index (χ1n) is 10.6. The molecular formula is C25H21FN4O2S. The minimum Gasteiger partial charge on any atom is -0.333 e. The lowest BCUT2D eigenvalue weighted by Gasteiger charge is -2.16. The van der Waals surface area contributed by atoms with Gasteiger partial charge in [-0.2, -0.15) is 0 Å². The maximum Gasteiger partial charge on any atom is 0.269 e. The Morgan fingerprint density at radius 2 is 1.70 bits per heavy atom. The predicted octanol–water partition coefficient (Wildman–Crippen LogP) is 4.49. The van der Waals surface area contributed by atoms with E-state index in [2.05, 4.69) is 20.8 Å². The Kier molecular flexibility index (Phi) is 5.60. The molecule has 0 saturated heterocycles. The highest BCUT2D eigenvalue weighted by Gasteiger charge is 2.51. The lowest BCUT2D eigenvalue weighted by molar-refractivity contribution is -0.124. The molecular weight excluding hydrogens is 439 g/mol. The number of imidazole rings is 1. The molecule has 0 unspecified atom stereocenters. The third-order valence-corrected chi connectivity index (χ3v) is 6.77. The first kappa shape index (κ1) is 21.2. The van der Waals surface area contributed by atoms with Crippen LogP contribution in [0, 0.1) is 5.82 Å². The molecule has 0 bridgehead atoms. The average molecular weight is 461 g/mol. The lowest BCUT2D eigenvalue weighted by Crippen LogP contribution is -2.46. The SMILES string of the molecule is O=C(NNC(=O)C1(c2ccc(F)cc2)CC1)c1ccc(CSc2nc3ccccc3[nH]2)cc1. The van der Waals surface area contributed by atoms with E-state index in [9.17, 15) is 14.0 Å². The number of amides is 2. The van der Waals surface area contributed by atoms with Crippen LogP contribution in [0.5, 0.6) is 0 Å². The van der Waals surface area contributed by atoms with Crippen molar-refractivity contribution in [3.63, 3.8) is 0 Å². The van der Waals surface area contributed by atoms with E-state index in [4.69, 9.17) is 0 Å². The summed E-state index contributed by atoms with van der Waals surface area (Å²) in [7, 11) is 0. The normalized spacial score (nSPS) is 14.1. The van der Waals surface area contributed by atoms with E-state index >= 15 is 0 Å². The molecule has 0 radical (unpaired) electrons. The molecule has 0 aliphatic heterocycles. The Morgan fingerprint density at radius 1 is 0.970 bits per heavy atom. The van der Waals surface area contributed by atoms with E-state index in [1.807, 2.05) is 36.4 Å². The minimum absolute atomic E-state index is 0.290.